The molecule has 1 aromatic rings. The van der Waals surface area contributed by atoms with E-state index in [9.17, 15) is 0 Å². The Balaban J connectivity index is 1.39. The van der Waals surface area contributed by atoms with Crippen LogP contribution < -0.4 is 5.73 Å². The fourth-order valence-corrected chi connectivity index (χ4v) is 2.83. The van der Waals surface area contributed by atoms with Crippen LogP contribution in [0.25, 0.3) is 0 Å². The Labute approximate surface area is 129 Å². The number of hydrogen-bond acceptors (Lipinski definition) is 3. The predicted molar refractivity (Wildman–Crippen MR) is 88.2 cm³/mol. The minimum Gasteiger partial charge on any atom is -0.377 e. The zero-order valence-electron chi connectivity index (χ0n) is 13.2. The quantitative estimate of drug-likeness (QED) is 0.710. The smallest absolute Gasteiger partial charge is 0.0716 e. The van der Waals surface area contributed by atoms with E-state index in [1.54, 1.807) is 0 Å². The third-order valence-corrected chi connectivity index (χ3v) is 4.26. The Morgan fingerprint density at radius 3 is 2.48 bits per heavy atom. The molecule has 0 aliphatic carbocycles. The summed E-state index contributed by atoms with van der Waals surface area (Å²) in [7, 11) is 0. The molecule has 1 aliphatic rings. The molecule has 118 valence electrons. The van der Waals surface area contributed by atoms with Gasteiger partial charge in [0.1, 0.15) is 0 Å². The summed E-state index contributed by atoms with van der Waals surface area (Å²) in [5, 5.41) is 0. The minimum absolute atomic E-state index is 0.447. The monoisotopic (exact) mass is 290 g/mol. The van der Waals surface area contributed by atoms with Crippen LogP contribution >= 0.6 is 0 Å². The van der Waals surface area contributed by atoms with Gasteiger partial charge in [-0.3, -0.25) is 0 Å². The second-order valence-corrected chi connectivity index (χ2v) is 6.13. The van der Waals surface area contributed by atoms with Gasteiger partial charge in [-0.2, -0.15) is 0 Å². The number of nitrogens with two attached hydrogens (primary N) is 1. The Hall–Kier alpha value is -0.900. The summed E-state index contributed by atoms with van der Waals surface area (Å²) in [6.07, 6.45) is 7.44. The van der Waals surface area contributed by atoms with Crippen LogP contribution in [0.2, 0.25) is 0 Å². The first-order chi connectivity index (χ1) is 10.3. The van der Waals surface area contributed by atoms with Gasteiger partial charge in [0.15, 0.2) is 0 Å². The molecule has 3 nitrogen and oxygen atoms in total. The van der Waals surface area contributed by atoms with Gasteiger partial charge in [-0.15, -0.1) is 0 Å². The maximum Gasteiger partial charge on any atom is 0.0716 e. The van der Waals surface area contributed by atoms with Gasteiger partial charge in [0.2, 0.25) is 0 Å². The highest BCUT2D eigenvalue weighted by Crippen LogP contribution is 2.10. The SMILES string of the molecule is NC1CCN(CCCCCCOCc2ccccc2)CC1. The second kappa shape index (κ2) is 9.93. The first-order valence-electron chi connectivity index (χ1n) is 8.44. The van der Waals surface area contributed by atoms with Crippen LogP contribution in [0.15, 0.2) is 30.3 Å². The van der Waals surface area contributed by atoms with Crippen molar-refractivity contribution in [1.82, 2.24) is 4.90 Å². The van der Waals surface area contributed by atoms with E-state index in [-0.39, 0.29) is 0 Å². The van der Waals surface area contributed by atoms with Crippen LogP contribution in [-0.2, 0) is 11.3 Å². The summed E-state index contributed by atoms with van der Waals surface area (Å²) in [6, 6.07) is 10.8. The van der Waals surface area contributed by atoms with Gasteiger partial charge in [0.25, 0.3) is 0 Å². The van der Waals surface area contributed by atoms with Gasteiger partial charge in [-0.25, -0.2) is 0 Å². The van der Waals surface area contributed by atoms with Crippen molar-refractivity contribution in [2.45, 2.75) is 51.2 Å². The lowest BCUT2D eigenvalue weighted by Gasteiger charge is -2.29. The Morgan fingerprint density at radius 1 is 1.00 bits per heavy atom. The number of piperidine rings is 1. The average Bonchev–Trinajstić information content (AvgIpc) is 2.53. The van der Waals surface area contributed by atoms with Crippen molar-refractivity contribution < 1.29 is 4.74 Å². The van der Waals surface area contributed by atoms with Crippen molar-refractivity contribution in [2.24, 2.45) is 5.73 Å². The third-order valence-electron chi connectivity index (χ3n) is 4.26. The Morgan fingerprint density at radius 2 is 1.71 bits per heavy atom. The summed E-state index contributed by atoms with van der Waals surface area (Å²) >= 11 is 0. The van der Waals surface area contributed by atoms with Crippen LogP contribution in [0.3, 0.4) is 0 Å². The highest BCUT2D eigenvalue weighted by atomic mass is 16.5. The summed E-state index contributed by atoms with van der Waals surface area (Å²) in [5.41, 5.74) is 7.19. The third kappa shape index (κ3) is 7.07. The van der Waals surface area contributed by atoms with Gasteiger partial charge >= 0.3 is 0 Å². The summed E-state index contributed by atoms with van der Waals surface area (Å²) in [5.74, 6) is 0. The van der Waals surface area contributed by atoms with E-state index in [1.165, 1.54) is 63.7 Å². The van der Waals surface area contributed by atoms with Crippen molar-refractivity contribution >= 4 is 0 Å². The maximum absolute atomic E-state index is 5.92. The lowest BCUT2D eigenvalue weighted by atomic mass is 10.1. The zero-order chi connectivity index (χ0) is 14.8. The Kier molecular flexibility index (Phi) is 7.79. The van der Waals surface area contributed by atoms with Crippen molar-refractivity contribution in [1.29, 1.82) is 0 Å². The number of nitrogens with zero attached hydrogens (tertiary/aromatic N) is 1. The fourth-order valence-electron chi connectivity index (χ4n) is 2.83. The number of unbranched alkanes of at least 4 members (excludes halogenated alkanes) is 3. The molecule has 0 saturated carbocycles. The number of ether oxygens (including phenoxy) is 1. The van der Waals surface area contributed by atoms with Crippen LogP contribution in [0.5, 0.6) is 0 Å². The zero-order valence-corrected chi connectivity index (χ0v) is 13.2. The molecule has 1 saturated heterocycles. The number of rotatable bonds is 9. The number of benzene rings is 1. The number of likely N-dealkylation sites (tertiary alicyclic amines) is 1. The van der Waals surface area contributed by atoms with Crippen LogP contribution in [0.1, 0.15) is 44.1 Å². The minimum atomic E-state index is 0.447. The molecular formula is C18H30N2O. The van der Waals surface area contributed by atoms with E-state index < -0.39 is 0 Å². The number of hydrogen-bond donors (Lipinski definition) is 1. The molecule has 0 bridgehead atoms. The summed E-state index contributed by atoms with van der Waals surface area (Å²) in [6.45, 7) is 5.27. The molecule has 2 N–H and O–H groups in total. The molecule has 21 heavy (non-hydrogen) atoms. The van der Waals surface area contributed by atoms with E-state index in [2.05, 4.69) is 29.2 Å². The standard InChI is InChI=1S/C18H30N2O/c19-18-10-13-20(14-11-18)12-6-1-2-7-15-21-16-17-8-4-3-5-9-17/h3-5,8-9,18H,1-2,6-7,10-16,19H2. The van der Waals surface area contributed by atoms with Gasteiger partial charge in [0.05, 0.1) is 6.61 Å². The molecule has 0 amide bonds. The van der Waals surface area contributed by atoms with Crippen molar-refractivity contribution in [3.63, 3.8) is 0 Å². The summed E-state index contributed by atoms with van der Waals surface area (Å²) < 4.78 is 5.70. The van der Waals surface area contributed by atoms with E-state index in [4.69, 9.17) is 10.5 Å². The highest BCUT2D eigenvalue weighted by molar-refractivity contribution is 5.13. The summed E-state index contributed by atoms with van der Waals surface area (Å²) in [4.78, 5) is 2.56. The van der Waals surface area contributed by atoms with E-state index >= 15 is 0 Å². The van der Waals surface area contributed by atoms with E-state index in [1.807, 2.05) is 6.07 Å². The molecule has 0 atom stereocenters. The highest BCUT2D eigenvalue weighted by Gasteiger charge is 2.14. The second-order valence-electron chi connectivity index (χ2n) is 6.13. The van der Waals surface area contributed by atoms with Gasteiger partial charge < -0.3 is 15.4 Å². The molecular weight excluding hydrogens is 260 g/mol. The first kappa shape index (κ1) is 16.5. The normalized spacial score (nSPS) is 17.2. The first-order valence-corrected chi connectivity index (χ1v) is 8.44. The van der Waals surface area contributed by atoms with E-state index in [0.717, 1.165) is 13.2 Å². The largest absolute Gasteiger partial charge is 0.377 e. The lowest BCUT2D eigenvalue weighted by Crippen LogP contribution is -2.39. The van der Waals surface area contributed by atoms with Crippen LogP contribution in [0, 0.1) is 0 Å². The van der Waals surface area contributed by atoms with Gasteiger partial charge in [-0.05, 0) is 50.9 Å². The van der Waals surface area contributed by atoms with Gasteiger partial charge in [0, 0.05) is 12.6 Å². The topological polar surface area (TPSA) is 38.5 Å². The maximum atomic E-state index is 5.92. The molecule has 0 spiro atoms. The molecule has 2 rings (SSSR count). The molecule has 1 heterocycles. The Bertz CT molecular complexity index is 361. The van der Waals surface area contributed by atoms with Crippen LogP contribution in [-0.4, -0.2) is 37.2 Å². The molecule has 0 radical (unpaired) electrons. The van der Waals surface area contributed by atoms with Crippen LogP contribution in [0.4, 0.5) is 0 Å². The fraction of sp³-hybridized carbons (Fsp3) is 0.667. The molecule has 0 aromatic heterocycles. The molecule has 1 aliphatic heterocycles. The molecule has 1 fully saturated rings. The molecule has 0 unspecified atom stereocenters. The lowest BCUT2D eigenvalue weighted by molar-refractivity contribution is 0.116. The van der Waals surface area contributed by atoms with E-state index in [0.29, 0.717) is 6.04 Å². The van der Waals surface area contributed by atoms with Gasteiger partial charge in [-0.1, -0.05) is 43.2 Å². The van der Waals surface area contributed by atoms with Crippen molar-refractivity contribution in [3.8, 4) is 0 Å². The predicted octanol–water partition coefficient (Wildman–Crippen LogP) is 3.19. The molecule has 1 aromatic carbocycles. The average molecular weight is 290 g/mol. The van der Waals surface area contributed by atoms with Crippen molar-refractivity contribution in [2.75, 3.05) is 26.2 Å². The van der Waals surface area contributed by atoms with Crippen molar-refractivity contribution in [3.05, 3.63) is 35.9 Å². The molecule has 3 heteroatoms.